The first kappa shape index (κ1) is 12.7. The fourth-order valence-electron chi connectivity index (χ4n) is 1.43. The van der Waals surface area contributed by atoms with Crippen LogP contribution in [0.3, 0.4) is 0 Å². The Hall–Kier alpha value is -1.76. The van der Waals surface area contributed by atoms with Crippen LogP contribution >= 0.6 is 23.2 Å². The van der Waals surface area contributed by atoms with Crippen molar-refractivity contribution in [3.63, 3.8) is 0 Å². The highest BCUT2D eigenvalue weighted by Gasteiger charge is 2.05. The standard InChI is InChI=1S/C13H7Cl2FN2/c14-11-4-2-9(16)5-13(11)18-10-3-1-8(7-17)12(15)6-10/h1-6,18H. The highest BCUT2D eigenvalue weighted by Crippen LogP contribution is 2.28. The van der Waals surface area contributed by atoms with Gasteiger partial charge in [-0.15, -0.1) is 0 Å². The number of nitriles is 1. The van der Waals surface area contributed by atoms with E-state index in [-0.39, 0.29) is 5.82 Å². The van der Waals surface area contributed by atoms with Crippen LogP contribution in [0.4, 0.5) is 15.8 Å². The Morgan fingerprint density at radius 2 is 1.83 bits per heavy atom. The average molecular weight is 281 g/mol. The van der Waals surface area contributed by atoms with Crippen molar-refractivity contribution in [3.8, 4) is 6.07 Å². The molecule has 0 saturated carbocycles. The van der Waals surface area contributed by atoms with Gasteiger partial charge in [0.15, 0.2) is 0 Å². The van der Waals surface area contributed by atoms with Crippen LogP contribution in [0.5, 0.6) is 0 Å². The first-order chi connectivity index (χ1) is 8.60. The van der Waals surface area contributed by atoms with Crippen LogP contribution in [0, 0.1) is 17.1 Å². The Kier molecular flexibility index (Phi) is 3.71. The van der Waals surface area contributed by atoms with Crippen molar-refractivity contribution in [2.75, 3.05) is 5.32 Å². The van der Waals surface area contributed by atoms with E-state index in [2.05, 4.69) is 5.32 Å². The van der Waals surface area contributed by atoms with Crippen LogP contribution < -0.4 is 5.32 Å². The minimum Gasteiger partial charge on any atom is -0.354 e. The lowest BCUT2D eigenvalue weighted by Crippen LogP contribution is -1.92. The maximum Gasteiger partial charge on any atom is 0.125 e. The molecule has 0 amide bonds. The molecule has 18 heavy (non-hydrogen) atoms. The van der Waals surface area contributed by atoms with Crippen molar-refractivity contribution in [3.05, 3.63) is 57.8 Å². The van der Waals surface area contributed by atoms with Crippen molar-refractivity contribution in [1.29, 1.82) is 5.26 Å². The van der Waals surface area contributed by atoms with E-state index in [1.54, 1.807) is 18.2 Å². The zero-order valence-corrected chi connectivity index (χ0v) is 10.6. The van der Waals surface area contributed by atoms with Gasteiger partial charge in [-0.05, 0) is 36.4 Å². The molecule has 2 nitrogen and oxygen atoms in total. The molecule has 2 aromatic carbocycles. The lowest BCUT2D eigenvalue weighted by Gasteiger charge is -2.09. The first-order valence-electron chi connectivity index (χ1n) is 5.02. The van der Waals surface area contributed by atoms with Gasteiger partial charge in [-0.3, -0.25) is 0 Å². The van der Waals surface area contributed by atoms with Gasteiger partial charge in [0.25, 0.3) is 0 Å². The molecule has 0 atom stereocenters. The van der Waals surface area contributed by atoms with Crippen LogP contribution in [-0.2, 0) is 0 Å². The summed E-state index contributed by atoms with van der Waals surface area (Å²) >= 11 is 11.8. The lowest BCUT2D eigenvalue weighted by atomic mass is 10.2. The van der Waals surface area contributed by atoms with Crippen molar-refractivity contribution in [2.45, 2.75) is 0 Å². The monoisotopic (exact) mass is 280 g/mol. The quantitative estimate of drug-likeness (QED) is 0.862. The predicted molar refractivity (Wildman–Crippen MR) is 70.9 cm³/mol. The second kappa shape index (κ2) is 5.26. The van der Waals surface area contributed by atoms with Crippen LogP contribution in [0.15, 0.2) is 36.4 Å². The van der Waals surface area contributed by atoms with Gasteiger partial charge in [-0.1, -0.05) is 23.2 Å². The Morgan fingerprint density at radius 1 is 1.06 bits per heavy atom. The van der Waals surface area contributed by atoms with E-state index >= 15 is 0 Å². The van der Waals surface area contributed by atoms with Crippen molar-refractivity contribution >= 4 is 34.6 Å². The van der Waals surface area contributed by atoms with Crippen LogP contribution in [0.1, 0.15) is 5.56 Å². The van der Waals surface area contributed by atoms with Crippen LogP contribution in [-0.4, -0.2) is 0 Å². The molecule has 0 spiro atoms. The Balaban J connectivity index is 2.32. The third-order valence-electron chi connectivity index (χ3n) is 2.30. The second-order valence-corrected chi connectivity index (χ2v) is 4.37. The number of nitrogens with one attached hydrogen (secondary N) is 1. The first-order valence-corrected chi connectivity index (χ1v) is 5.77. The summed E-state index contributed by atoms with van der Waals surface area (Å²) in [6.07, 6.45) is 0. The maximum absolute atomic E-state index is 13.1. The molecule has 0 aromatic heterocycles. The van der Waals surface area contributed by atoms with Gasteiger partial charge in [0.1, 0.15) is 11.9 Å². The predicted octanol–water partition coefficient (Wildman–Crippen LogP) is 4.75. The molecule has 0 fully saturated rings. The molecule has 0 aliphatic heterocycles. The van der Waals surface area contributed by atoms with Crippen LogP contribution in [0.25, 0.3) is 0 Å². The number of hydrogen-bond acceptors (Lipinski definition) is 2. The summed E-state index contributed by atoms with van der Waals surface area (Å²) in [7, 11) is 0. The van der Waals surface area contributed by atoms with Gasteiger partial charge in [-0.25, -0.2) is 4.39 Å². The topological polar surface area (TPSA) is 35.8 Å². The van der Waals surface area contributed by atoms with Crippen molar-refractivity contribution in [1.82, 2.24) is 0 Å². The largest absolute Gasteiger partial charge is 0.354 e. The summed E-state index contributed by atoms with van der Waals surface area (Å²) in [5.74, 6) is -0.387. The highest BCUT2D eigenvalue weighted by atomic mass is 35.5. The highest BCUT2D eigenvalue weighted by molar-refractivity contribution is 6.33. The number of anilines is 2. The van der Waals surface area contributed by atoms with Gasteiger partial charge in [0, 0.05) is 5.69 Å². The Labute approximate surface area is 114 Å². The Bertz CT molecular complexity index is 635. The summed E-state index contributed by atoms with van der Waals surface area (Å²) in [4.78, 5) is 0. The molecule has 90 valence electrons. The Morgan fingerprint density at radius 3 is 2.50 bits per heavy atom. The third-order valence-corrected chi connectivity index (χ3v) is 2.94. The SMILES string of the molecule is N#Cc1ccc(Nc2cc(F)ccc2Cl)cc1Cl. The molecule has 0 heterocycles. The molecule has 0 aliphatic carbocycles. The fraction of sp³-hybridized carbons (Fsp3) is 0. The number of benzene rings is 2. The van der Waals surface area contributed by atoms with Crippen LogP contribution in [0.2, 0.25) is 10.0 Å². The van der Waals surface area contributed by atoms with E-state index in [1.807, 2.05) is 6.07 Å². The van der Waals surface area contributed by atoms with Gasteiger partial charge in [0.2, 0.25) is 0 Å². The number of hydrogen-bond donors (Lipinski definition) is 1. The molecule has 0 bridgehead atoms. The maximum atomic E-state index is 13.1. The molecule has 0 aliphatic rings. The van der Waals surface area contributed by atoms with Crippen molar-refractivity contribution in [2.24, 2.45) is 0 Å². The molecular weight excluding hydrogens is 274 g/mol. The number of rotatable bonds is 2. The van der Waals surface area contributed by atoms with E-state index in [0.29, 0.717) is 27.0 Å². The molecular formula is C13H7Cl2FN2. The second-order valence-electron chi connectivity index (χ2n) is 3.56. The minimum atomic E-state index is -0.387. The van der Waals surface area contributed by atoms with E-state index in [4.69, 9.17) is 28.5 Å². The van der Waals surface area contributed by atoms with E-state index in [1.165, 1.54) is 18.2 Å². The molecule has 0 radical (unpaired) electrons. The summed E-state index contributed by atoms with van der Waals surface area (Å²) in [6.45, 7) is 0. The summed E-state index contributed by atoms with van der Waals surface area (Å²) in [5, 5.41) is 12.4. The molecule has 2 aromatic rings. The van der Waals surface area contributed by atoms with Gasteiger partial charge >= 0.3 is 0 Å². The number of nitrogens with zero attached hydrogens (tertiary/aromatic N) is 1. The molecule has 1 N–H and O–H groups in total. The summed E-state index contributed by atoms with van der Waals surface area (Å²) in [5.41, 5.74) is 1.46. The summed E-state index contributed by atoms with van der Waals surface area (Å²) < 4.78 is 13.1. The number of halogens is 3. The third kappa shape index (κ3) is 2.73. The fourth-order valence-corrected chi connectivity index (χ4v) is 1.82. The van der Waals surface area contributed by atoms with E-state index < -0.39 is 0 Å². The minimum absolute atomic E-state index is 0.329. The smallest absolute Gasteiger partial charge is 0.125 e. The van der Waals surface area contributed by atoms with Gasteiger partial charge < -0.3 is 5.32 Å². The molecule has 2 rings (SSSR count). The normalized spacial score (nSPS) is 9.89. The lowest BCUT2D eigenvalue weighted by molar-refractivity contribution is 0.628. The molecule has 0 unspecified atom stereocenters. The van der Waals surface area contributed by atoms with E-state index in [9.17, 15) is 4.39 Å². The van der Waals surface area contributed by atoms with Gasteiger partial charge in [0.05, 0.1) is 21.3 Å². The van der Waals surface area contributed by atoms with E-state index in [0.717, 1.165) is 0 Å². The zero-order valence-electron chi connectivity index (χ0n) is 9.05. The zero-order chi connectivity index (χ0) is 13.1. The molecule has 0 saturated heterocycles. The van der Waals surface area contributed by atoms with Crippen molar-refractivity contribution < 1.29 is 4.39 Å². The average Bonchev–Trinajstić information content (AvgIpc) is 2.34. The summed E-state index contributed by atoms with van der Waals surface area (Å²) in [6, 6.07) is 10.8. The van der Waals surface area contributed by atoms with Gasteiger partial charge in [-0.2, -0.15) is 5.26 Å². The molecule has 5 heteroatoms.